The van der Waals surface area contributed by atoms with Crippen LogP contribution in [0.5, 0.6) is 5.75 Å². The van der Waals surface area contributed by atoms with Crippen LogP contribution in [0.2, 0.25) is 0 Å². The number of ether oxygens (including phenoxy) is 1. The largest absolute Gasteiger partial charge is 0.493 e. The number of para-hydroxylation sites is 1. The summed E-state index contributed by atoms with van der Waals surface area (Å²) in [5.41, 5.74) is 4.67. The van der Waals surface area contributed by atoms with Gasteiger partial charge in [-0.1, -0.05) is 30.3 Å². The summed E-state index contributed by atoms with van der Waals surface area (Å²) in [6.45, 7) is 1.60. The summed E-state index contributed by atoms with van der Waals surface area (Å²) in [5.74, 6) is 1.03. The Labute approximate surface area is 123 Å². The lowest BCUT2D eigenvalue weighted by atomic mass is 10.1. The number of hydrogen-bond donors (Lipinski definition) is 1. The van der Waals surface area contributed by atoms with E-state index in [0.29, 0.717) is 0 Å². The first-order valence-electron chi connectivity index (χ1n) is 7.22. The van der Waals surface area contributed by atoms with Gasteiger partial charge in [0.1, 0.15) is 5.75 Å². The molecule has 0 amide bonds. The second kappa shape index (κ2) is 5.09. The van der Waals surface area contributed by atoms with Crippen LogP contribution < -0.4 is 10.1 Å². The Kier molecular flexibility index (Phi) is 2.96. The number of anilines is 1. The quantitative estimate of drug-likeness (QED) is 0.790. The number of rotatable bonds is 3. The summed E-state index contributed by atoms with van der Waals surface area (Å²) in [6, 6.07) is 16.7. The molecule has 0 spiro atoms. The molecule has 1 aliphatic heterocycles. The summed E-state index contributed by atoms with van der Waals surface area (Å²) >= 11 is 0. The predicted octanol–water partition coefficient (Wildman–Crippen LogP) is 3.78. The number of nitrogens with one attached hydrogen (secondary N) is 1. The SMILES string of the molecule is c1cnc2c(NCc3ccc4c(c3)CCO4)cccc2c1. The molecule has 3 nitrogen and oxygen atoms in total. The van der Waals surface area contributed by atoms with Crippen molar-refractivity contribution in [2.45, 2.75) is 13.0 Å². The zero-order valence-electron chi connectivity index (χ0n) is 11.7. The molecule has 1 aromatic heterocycles. The van der Waals surface area contributed by atoms with Crippen molar-refractivity contribution < 1.29 is 4.74 Å². The molecule has 0 radical (unpaired) electrons. The monoisotopic (exact) mass is 276 g/mol. The maximum absolute atomic E-state index is 5.54. The van der Waals surface area contributed by atoms with Crippen molar-refractivity contribution in [1.82, 2.24) is 4.98 Å². The highest BCUT2D eigenvalue weighted by molar-refractivity contribution is 5.90. The zero-order chi connectivity index (χ0) is 14.1. The van der Waals surface area contributed by atoms with Crippen LogP contribution in [-0.4, -0.2) is 11.6 Å². The highest BCUT2D eigenvalue weighted by atomic mass is 16.5. The molecule has 2 heterocycles. The van der Waals surface area contributed by atoms with Gasteiger partial charge in [0, 0.05) is 24.5 Å². The molecule has 0 saturated heterocycles. The van der Waals surface area contributed by atoms with E-state index < -0.39 is 0 Å². The van der Waals surface area contributed by atoms with Gasteiger partial charge in [-0.15, -0.1) is 0 Å². The minimum absolute atomic E-state index is 0.795. The second-order valence-electron chi connectivity index (χ2n) is 5.27. The van der Waals surface area contributed by atoms with Crippen molar-refractivity contribution in [2.75, 3.05) is 11.9 Å². The molecule has 0 saturated carbocycles. The van der Waals surface area contributed by atoms with Gasteiger partial charge in [-0.05, 0) is 29.3 Å². The molecular formula is C18H16N2O. The fraction of sp³-hybridized carbons (Fsp3) is 0.167. The molecule has 1 N–H and O–H groups in total. The molecule has 4 rings (SSSR count). The average molecular weight is 276 g/mol. The average Bonchev–Trinajstić information content (AvgIpc) is 3.00. The van der Waals surface area contributed by atoms with E-state index in [4.69, 9.17) is 4.74 Å². The first kappa shape index (κ1) is 12.2. The summed E-state index contributed by atoms with van der Waals surface area (Å²) in [6.07, 6.45) is 2.85. The van der Waals surface area contributed by atoms with Gasteiger partial charge in [-0.3, -0.25) is 4.98 Å². The molecule has 0 aliphatic carbocycles. The summed E-state index contributed by atoms with van der Waals surface area (Å²) < 4.78 is 5.54. The molecule has 3 aromatic rings. The molecular weight excluding hydrogens is 260 g/mol. The lowest BCUT2D eigenvalue weighted by molar-refractivity contribution is 0.357. The van der Waals surface area contributed by atoms with Crippen LogP contribution in [0, 0.1) is 0 Å². The first-order valence-corrected chi connectivity index (χ1v) is 7.22. The van der Waals surface area contributed by atoms with Gasteiger partial charge in [0.15, 0.2) is 0 Å². The van der Waals surface area contributed by atoms with Gasteiger partial charge in [-0.25, -0.2) is 0 Å². The third-order valence-electron chi connectivity index (χ3n) is 3.87. The van der Waals surface area contributed by atoms with Crippen molar-refractivity contribution in [3.8, 4) is 5.75 Å². The maximum atomic E-state index is 5.54. The highest BCUT2D eigenvalue weighted by Crippen LogP contribution is 2.27. The van der Waals surface area contributed by atoms with E-state index in [1.165, 1.54) is 11.1 Å². The Balaban J connectivity index is 1.58. The Morgan fingerprint density at radius 2 is 2.05 bits per heavy atom. The van der Waals surface area contributed by atoms with E-state index in [-0.39, 0.29) is 0 Å². The van der Waals surface area contributed by atoms with Gasteiger partial charge >= 0.3 is 0 Å². The summed E-state index contributed by atoms with van der Waals surface area (Å²) in [5, 5.41) is 4.65. The van der Waals surface area contributed by atoms with Gasteiger partial charge in [-0.2, -0.15) is 0 Å². The topological polar surface area (TPSA) is 34.2 Å². The van der Waals surface area contributed by atoms with Gasteiger partial charge in [0.2, 0.25) is 0 Å². The summed E-state index contributed by atoms with van der Waals surface area (Å²) in [4.78, 5) is 4.47. The van der Waals surface area contributed by atoms with Crippen molar-refractivity contribution in [2.24, 2.45) is 0 Å². The fourth-order valence-corrected chi connectivity index (χ4v) is 2.79. The molecule has 1 aliphatic rings. The third-order valence-corrected chi connectivity index (χ3v) is 3.87. The molecule has 0 fully saturated rings. The Bertz CT molecular complexity index is 793. The molecule has 3 heteroatoms. The van der Waals surface area contributed by atoms with Gasteiger partial charge in [0.05, 0.1) is 17.8 Å². The standard InChI is InChI=1S/C18H16N2O/c1-3-14-4-2-9-19-18(14)16(5-1)20-12-13-6-7-17-15(11-13)8-10-21-17/h1-7,9,11,20H,8,10,12H2. The molecule has 2 aromatic carbocycles. The zero-order valence-corrected chi connectivity index (χ0v) is 11.7. The van der Waals surface area contributed by atoms with E-state index in [9.17, 15) is 0 Å². The van der Waals surface area contributed by atoms with Crippen LogP contribution in [0.1, 0.15) is 11.1 Å². The Morgan fingerprint density at radius 1 is 1.10 bits per heavy atom. The van der Waals surface area contributed by atoms with Crippen molar-refractivity contribution in [3.63, 3.8) is 0 Å². The minimum Gasteiger partial charge on any atom is -0.493 e. The number of benzene rings is 2. The fourth-order valence-electron chi connectivity index (χ4n) is 2.79. The van der Waals surface area contributed by atoms with E-state index in [1.807, 2.05) is 12.3 Å². The second-order valence-corrected chi connectivity index (χ2v) is 5.27. The first-order chi connectivity index (χ1) is 10.4. The lowest BCUT2D eigenvalue weighted by Gasteiger charge is -2.10. The predicted molar refractivity (Wildman–Crippen MR) is 84.7 cm³/mol. The maximum Gasteiger partial charge on any atom is 0.122 e. The molecule has 0 unspecified atom stereocenters. The lowest BCUT2D eigenvalue weighted by Crippen LogP contribution is -2.01. The number of nitrogens with zero attached hydrogens (tertiary/aromatic N) is 1. The summed E-state index contributed by atoms with van der Waals surface area (Å²) in [7, 11) is 0. The van der Waals surface area contributed by atoms with Crippen LogP contribution in [0.4, 0.5) is 5.69 Å². The molecule has 0 bridgehead atoms. The van der Waals surface area contributed by atoms with Gasteiger partial charge in [0.25, 0.3) is 0 Å². The highest BCUT2D eigenvalue weighted by Gasteiger charge is 2.11. The molecule has 104 valence electrons. The van der Waals surface area contributed by atoms with Crippen LogP contribution in [0.3, 0.4) is 0 Å². The van der Waals surface area contributed by atoms with E-state index in [0.717, 1.165) is 41.9 Å². The van der Waals surface area contributed by atoms with Crippen molar-refractivity contribution in [3.05, 3.63) is 65.9 Å². The smallest absolute Gasteiger partial charge is 0.122 e. The number of fused-ring (bicyclic) bond motifs is 2. The van der Waals surface area contributed by atoms with Crippen LogP contribution in [-0.2, 0) is 13.0 Å². The minimum atomic E-state index is 0.795. The molecule has 21 heavy (non-hydrogen) atoms. The third kappa shape index (κ3) is 2.31. The molecule has 0 atom stereocenters. The number of hydrogen-bond acceptors (Lipinski definition) is 3. The van der Waals surface area contributed by atoms with Crippen molar-refractivity contribution in [1.29, 1.82) is 0 Å². The Hall–Kier alpha value is -2.55. The van der Waals surface area contributed by atoms with Crippen LogP contribution in [0.15, 0.2) is 54.7 Å². The Morgan fingerprint density at radius 3 is 3.05 bits per heavy atom. The van der Waals surface area contributed by atoms with E-state index in [1.54, 1.807) is 0 Å². The van der Waals surface area contributed by atoms with Crippen LogP contribution in [0.25, 0.3) is 10.9 Å². The number of aromatic nitrogens is 1. The van der Waals surface area contributed by atoms with E-state index in [2.05, 4.69) is 52.8 Å². The van der Waals surface area contributed by atoms with Crippen molar-refractivity contribution >= 4 is 16.6 Å². The normalized spacial score (nSPS) is 13.0. The number of pyridine rings is 1. The van der Waals surface area contributed by atoms with Gasteiger partial charge < -0.3 is 10.1 Å². The van der Waals surface area contributed by atoms with Crippen LogP contribution >= 0.6 is 0 Å². The van der Waals surface area contributed by atoms with E-state index >= 15 is 0 Å².